The minimum Gasteiger partial charge on any atom is -0.480 e. The summed E-state index contributed by atoms with van der Waals surface area (Å²) < 4.78 is 0. The van der Waals surface area contributed by atoms with Crippen LogP contribution in [0.5, 0.6) is 0 Å². The molecule has 2 rings (SSSR count). The Hall–Kier alpha value is -1.35. The van der Waals surface area contributed by atoms with Crippen molar-refractivity contribution in [1.29, 1.82) is 0 Å². The van der Waals surface area contributed by atoms with Crippen LogP contribution in [-0.2, 0) is 17.6 Å². The number of benzene rings is 1. The van der Waals surface area contributed by atoms with Crippen molar-refractivity contribution in [2.45, 2.75) is 44.7 Å². The third-order valence-corrected chi connectivity index (χ3v) is 3.18. The van der Waals surface area contributed by atoms with Crippen LogP contribution in [0.25, 0.3) is 0 Å². The Morgan fingerprint density at radius 2 is 1.94 bits per heavy atom. The van der Waals surface area contributed by atoms with Crippen molar-refractivity contribution >= 4 is 5.97 Å². The predicted molar refractivity (Wildman–Crippen MR) is 67.1 cm³/mol. The zero-order chi connectivity index (χ0) is 12.3. The largest absolute Gasteiger partial charge is 0.480 e. The molecule has 1 aliphatic rings. The summed E-state index contributed by atoms with van der Waals surface area (Å²) in [5.74, 6) is -0.753. The summed E-state index contributed by atoms with van der Waals surface area (Å²) in [5.41, 5.74) is 2.37. The van der Waals surface area contributed by atoms with Gasteiger partial charge in [0.25, 0.3) is 0 Å². The maximum absolute atomic E-state index is 11.1. The zero-order valence-electron chi connectivity index (χ0n) is 10.1. The minimum absolute atomic E-state index is 0.422. The Morgan fingerprint density at radius 1 is 1.35 bits per heavy atom. The highest BCUT2D eigenvalue weighted by Gasteiger charge is 2.28. The van der Waals surface area contributed by atoms with Gasteiger partial charge in [-0.15, -0.1) is 0 Å². The fraction of sp³-hybridized carbons (Fsp3) is 0.500. The Kier molecular flexibility index (Phi) is 3.79. The van der Waals surface area contributed by atoms with E-state index in [1.54, 1.807) is 0 Å². The number of carboxylic acid groups (broad SMARTS) is 1. The lowest BCUT2D eigenvalue weighted by Gasteiger charge is -2.14. The Balaban J connectivity index is 1.97. The van der Waals surface area contributed by atoms with E-state index in [0.29, 0.717) is 12.5 Å². The summed E-state index contributed by atoms with van der Waals surface area (Å²) in [6.07, 6.45) is 3.80. The molecule has 92 valence electrons. The van der Waals surface area contributed by atoms with E-state index < -0.39 is 12.0 Å². The first kappa shape index (κ1) is 12.1. The van der Waals surface area contributed by atoms with E-state index in [1.807, 2.05) is 12.1 Å². The standard InChI is InChI=1S/C14H19NO2/c1-2-10-3-5-11(6-4-10)9-13(14(16)17)15-12-7-8-12/h3-6,12-13,15H,2,7-9H2,1H3,(H,16,17). The van der Waals surface area contributed by atoms with Crippen molar-refractivity contribution in [2.24, 2.45) is 0 Å². The smallest absolute Gasteiger partial charge is 0.321 e. The van der Waals surface area contributed by atoms with E-state index in [-0.39, 0.29) is 0 Å². The van der Waals surface area contributed by atoms with Gasteiger partial charge in [0.1, 0.15) is 6.04 Å². The van der Waals surface area contributed by atoms with Crippen molar-refractivity contribution in [1.82, 2.24) is 5.32 Å². The van der Waals surface area contributed by atoms with Crippen LogP contribution in [0.4, 0.5) is 0 Å². The van der Waals surface area contributed by atoms with Gasteiger partial charge in [-0.3, -0.25) is 4.79 Å². The van der Waals surface area contributed by atoms with E-state index in [0.717, 1.165) is 24.8 Å². The molecule has 1 unspecified atom stereocenters. The van der Waals surface area contributed by atoms with E-state index in [2.05, 4.69) is 24.4 Å². The van der Waals surface area contributed by atoms with Gasteiger partial charge >= 0.3 is 5.97 Å². The molecule has 17 heavy (non-hydrogen) atoms. The second-order valence-electron chi connectivity index (χ2n) is 4.71. The predicted octanol–water partition coefficient (Wildman–Crippen LogP) is 2.00. The van der Waals surface area contributed by atoms with Crippen molar-refractivity contribution < 1.29 is 9.90 Å². The first-order chi connectivity index (χ1) is 8.19. The lowest BCUT2D eigenvalue weighted by molar-refractivity contribution is -0.139. The molecule has 1 atom stereocenters. The van der Waals surface area contributed by atoms with Gasteiger partial charge in [0.15, 0.2) is 0 Å². The van der Waals surface area contributed by atoms with Crippen LogP contribution in [0.1, 0.15) is 30.9 Å². The van der Waals surface area contributed by atoms with Crippen LogP contribution in [-0.4, -0.2) is 23.2 Å². The van der Waals surface area contributed by atoms with Gasteiger partial charge < -0.3 is 10.4 Å². The number of nitrogens with one attached hydrogen (secondary N) is 1. The minimum atomic E-state index is -0.753. The molecule has 1 aliphatic carbocycles. The molecule has 0 spiro atoms. The molecule has 1 fully saturated rings. The van der Waals surface area contributed by atoms with Crippen LogP contribution in [0.2, 0.25) is 0 Å². The Bertz CT molecular complexity index is 382. The number of carbonyl (C=O) groups is 1. The van der Waals surface area contributed by atoms with E-state index in [4.69, 9.17) is 5.11 Å². The summed E-state index contributed by atoms with van der Waals surface area (Å²) in [6.45, 7) is 2.11. The molecule has 3 nitrogen and oxygen atoms in total. The second-order valence-corrected chi connectivity index (χ2v) is 4.71. The third-order valence-electron chi connectivity index (χ3n) is 3.18. The van der Waals surface area contributed by atoms with Crippen LogP contribution in [0, 0.1) is 0 Å². The maximum Gasteiger partial charge on any atom is 0.321 e. The highest BCUT2D eigenvalue weighted by atomic mass is 16.4. The molecular formula is C14H19NO2. The Labute approximate surface area is 102 Å². The van der Waals surface area contributed by atoms with Crippen molar-refractivity contribution in [3.05, 3.63) is 35.4 Å². The van der Waals surface area contributed by atoms with E-state index in [1.165, 1.54) is 5.56 Å². The zero-order valence-corrected chi connectivity index (χ0v) is 10.1. The highest BCUT2D eigenvalue weighted by molar-refractivity contribution is 5.74. The average Bonchev–Trinajstić information content (AvgIpc) is 3.13. The molecule has 0 radical (unpaired) electrons. The molecule has 0 aliphatic heterocycles. The topological polar surface area (TPSA) is 49.3 Å². The number of hydrogen-bond donors (Lipinski definition) is 2. The summed E-state index contributed by atoms with van der Waals surface area (Å²) in [4.78, 5) is 11.1. The van der Waals surface area contributed by atoms with Gasteiger partial charge in [0, 0.05) is 6.04 Å². The number of carboxylic acids is 1. The molecule has 1 aromatic carbocycles. The van der Waals surface area contributed by atoms with Gasteiger partial charge in [-0.05, 0) is 36.8 Å². The van der Waals surface area contributed by atoms with Gasteiger partial charge in [-0.2, -0.15) is 0 Å². The quantitative estimate of drug-likeness (QED) is 0.790. The molecular weight excluding hydrogens is 214 g/mol. The van der Waals surface area contributed by atoms with Crippen molar-refractivity contribution in [2.75, 3.05) is 0 Å². The summed E-state index contributed by atoms with van der Waals surface area (Å²) >= 11 is 0. The highest BCUT2D eigenvalue weighted by Crippen LogP contribution is 2.20. The molecule has 0 bridgehead atoms. The fourth-order valence-electron chi connectivity index (χ4n) is 1.90. The molecule has 1 saturated carbocycles. The molecule has 2 N–H and O–H groups in total. The molecule has 1 aromatic rings. The Morgan fingerprint density at radius 3 is 2.41 bits per heavy atom. The normalized spacial score (nSPS) is 16.8. The molecule has 0 aromatic heterocycles. The van der Waals surface area contributed by atoms with Gasteiger partial charge in [-0.1, -0.05) is 31.2 Å². The summed E-state index contributed by atoms with van der Waals surface area (Å²) in [7, 11) is 0. The van der Waals surface area contributed by atoms with Gasteiger partial charge in [0.05, 0.1) is 0 Å². The molecule has 3 heteroatoms. The van der Waals surface area contributed by atoms with Crippen LogP contribution >= 0.6 is 0 Å². The summed E-state index contributed by atoms with van der Waals surface area (Å²) in [5, 5.41) is 12.3. The third kappa shape index (κ3) is 3.56. The van der Waals surface area contributed by atoms with Crippen LogP contribution in [0.15, 0.2) is 24.3 Å². The molecule has 0 amide bonds. The van der Waals surface area contributed by atoms with Crippen LogP contribution in [0.3, 0.4) is 0 Å². The van der Waals surface area contributed by atoms with Crippen molar-refractivity contribution in [3.8, 4) is 0 Å². The number of hydrogen-bond acceptors (Lipinski definition) is 2. The second kappa shape index (κ2) is 5.32. The van der Waals surface area contributed by atoms with Crippen molar-refractivity contribution in [3.63, 3.8) is 0 Å². The molecule has 0 saturated heterocycles. The van der Waals surface area contributed by atoms with E-state index in [9.17, 15) is 4.79 Å². The number of aryl methyl sites for hydroxylation is 1. The average molecular weight is 233 g/mol. The fourth-order valence-corrected chi connectivity index (χ4v) is 1.90. The maximum atomic E-state index is 11.1. The lowest BCUT2D eigenvalue weighted by atomic mass is 10.0. The summed E-state index contributed by atoms with van der Waals surface area (Å²) in [6, 6.07) is 8.18. The van der Waals surface area contributed by atoms with Crippen LogP contribution < -0.4 is 5.32 Å². The number of aliphatic carboxylic acids is 1. The number of rotatable bonds is 6. The van der Waals surface area contributed by atoms with Gasteiger partial charge in [-0.25, -0.2) is 0 Å². The lowest BCUT2D eigenvalue weighted by Crippen LogP contribution is -2.39. The first-order valence-corrected chi connectivity index (χ1v) is 6.25. The first-order valence-electron chi connectivity index (χ1n) is 6.25. The molecule has 0 heterocycles. The monoisotopic (exact) mass is 233 g/mol. The van der Waals surface area contributed by atoms with E-state index >= 15 is 0 Å². The SMILES string of the molecule is CCc1ccc(CC(NC2CC2)C(=O)O)cc1. The van der Waals surface area contributed by atoms with Gasteiger partial charge in [0.2, 0.25) is 0 Å².